The molecule has 1 aliphatic rings. The van der Waals surface area contributed by atoms with Crippen LogP contribution in [0.2, 0.25) is 0 Å². The number of hydrogen-bond donors (Lipinski definition) is 2. The molecule has 0 radical (unpaired) electrons. The Morgan fingerprint density at radius 1 is 1.24 bits per heavy atom. The van der Waals surface area contributed by atoms with Crippen molar-refractivity contribution in [2.24, 2.45) is 5.92 Å². The summed E-state index contributed by atoms with van der Waals surface area (Å²) in [5.41, 5.74) is 0. The van der Waals surface area contributed by atoms with Crippen LogP contribution in [0.25, 0.3) is 0 Å². The molecule has 1 aromatic heterocycles. The normalized spacial score (nSPS) is 19.3. The van der Waals surface area contributed by atoms with E-state index in [1.54, 1.807) is 6.07 Å². The minimum absolute atomic E-state index is 0.0241. The van der Waals surface area contributed by atoms with Crippen molar-refractivity contribution in [3.8, 4) is 0 Å². The highest BCUT2D eigenvalue weighted by Crippen LogP contribution is 2.25. The van der Waals surface area contributed by atoms with Gasteiger partial charge in [0.25, 0.3) is 10.0 Å². The molecule has 0 spiro atoms. The van der Waals surface area contributed by atoms with Crippen LogP contribution >= 0.6 is 0 Å². The lowest BCUT2D eigenvalue weighted by Crippen LogP contribution is -2.32. The largest absolute Gasteiger partial charge is 0.447 e. The van der Waals surface area contributed by atoms with E-state index in [1.807, 2.05) is 0 Å². The molecule has 1 fully saturated rings. The fraction of sp³-hybridized carbons (Fsp3) is 0.733. The van der Waals surface area contributed by atoms with Crippen LogP contribution in [0.5, 0.6) is 0 Å². The van der Waals surface area contributed by atoms with Gasteiger partial charge in [-0.15, -0.1) is 0 Å². The third-order valence-electron chi connectivity index (χ3n) is 4.38. The first-order chi connectivity index (χ1) is 10.0. The van der Waals surface area contributed by atoms with Crippen molar-refractivity contribution in [1.29, 1.82) is 0 Å². The summed E-state index contributed by atoms with van der Waals surface area (Å²) < 4.78 is 30.9. The van der Waals surface area contributed by atoms with E-state index >= 15 is 0 Å². The lowest BCUT2D eigenvalue weighted by Gasteiger charge is -2.23. The smallest absolute Gasteiger partial charge is 0.273 e. The molecule has 1 heterocycles. The van der Waals surface area contributed by atoms with Crippen molar-refractivity contribution in [3.05, 3.63) is 17.9 Å². The van der Waals surface area contributed by atoms with E-state index in [4.69, 9.17) is 4.42 Å². The van der Waals surface area contributed by atoms with Crippen LogP contribution in [-0.4, -0.2) is 21.5 Å². The van der Waals surface area contributed by atoms with Gasteiger partial charge < -0.3 is 9.73 Å². The summed E-state index contributed by atoms with van der Waals surface area (Å²) in [6.07, 6.45) is 7.92. The van der Waals surface area contributed by atoms with Gasteiger partial charge in [-0.3, -0.25) is 0 Å². The molecular weight excluding hydrogens is 288 g/mol. The van der Waals surface area contributed by atoms with Crippen LogP contribution < -0.4 is 10.0 Å². The van der Waals surface area contributed by atoms with Crippen molar-refractivity contribution in [1.82, 2.24) is 10.0 Å². The molecule has 0 aromatic carbocycles. The third-order valence-corrected chi connectivity index (χ3v) is 5.66. The van der Waals surface area contributed by atoms with E-state index in [0.29, 0.717) is 24.3 Å². The summed E-state index contributed by atoms with van der Waals surface area (Å²) in [6, 6.07) is 3.65. The minimum Gasteiger partial charge on any atom is -0.447 e. The predicted molar refractivity (Wildman–Crippen MR) is 82.4 cm³/mol. The first-order valence-corrected chi connectivity index (χ1v) is 9.27. The molecule has 6 heteroatoms. The second-order valence-corrected chi connectivity index (χ2v) is 7.67. The molecule has 21 heavy (non-hydrogen) atoms. The number of furan rings is 1. The summed E-state index contributed by atoms with van der Waals surface area (Å²) in [4.78, 5) is 0. The third kappa shape index (κ3) is 4.56. The Kier molecular flexibility index (Phi) is 5.84. The minimum atomic E-state index is -3.49. The van der Waals surface area contributed by atoms with Gasteiger partial charge >= 0.3 is 0 Å². The molecule has 1 atom stereocenters. The molecule has 120 valence electrons. The van der Waals surface area contributed by atoms with E-state index in [2.05, 4.69) is 17.0 Å². The maximum Gasteiger partial charge on any atom is 0.273 e. The summed E-state index contributed by atoms with van der Waals surface area (Å²) in [6.45, 7) is 2.78. The molecule has 1 saturated carbocycles. The SMILES string of the molecule is CNS(=O)(=O)c1ccc(CN[C@@H](C)C2CCCCCC2)o1. The maximum atomic E-state index is 11.6. The van der Waals surface area contributed by atoms with Crippen LogP contribution in [0.15, 0.2) is 21.6 Å². The quantitative estimate of drug-likeness (QED) is 0.792. The lowest BCUT2D eigenvalue weighted by atomic mass is 9.93. The lowest BCUT2D eigenvalue weighted by molar-refractivity contribution is 0.318. The van der Waals surface area contributed by atoms with Gasteiger partial charge in [0, 0.05) is 6.04 Å². The van der Waals surface area contributed by atoms with Crippen LogP contribution in [0.3, 0.4) is 0 Å². The number of nitrogens with one attached hydrogen (secondary N) is 2. The fourth-order valence-electron chi connectivity index (χ4n) is 2.94. The second kappa shape index (κ2) is 7.42. The second-order valence-electron chi connectivity index (χ2n) is 5.85. The molecule has 1 aromatic rings. The zero-order valence-corrected chi connectivity index (χ0v) is 13.7. The Balaban J connectivity index is 1.88. The Labute approximate surface area is 127 Å². The fourth-order valence-corrected chi connectivity index (χ4v) is 3.60. The van der Waals surface area contributed by atoms with Crippen LogP contribution in [-0.2, 0) is 16.6 Å². The molecule has 0 unspecified atom stereocenters. The van der Waals surface area contributed by atoms with Crippen molar-refractivity contribution in [3.63, 3.8) is 0 Å². The van der Waals surface area contributed by atoms with Gasteiger partial charge in [-0.25, -0.2) is 13.1 Å². The number of rotatable bonds is 6. The zero-order valence-electron chi connectivity index (χ0n) is 12.9. The first kappa shape index (κ1) is 16.5. The van der Waals surface area contributed by atoms with Gasteiger partial charge in [0.05, 0.1) is 6.54 Å². The van der Waals surface area contributed by atoms with Gasteiger partial charge in [0.2, 0.25) is 5.09 Å². The van der Waals surface area contributed by atoms with Gasteiger partial charge in [-0.1, -0.05) is 25.7 Å². The molecule has 0 amide bonds. The van der Waals surface area contributed by atoms with Gasteiger partial charge in [-0.2, -0.15) is 0 Å². The van der Waals surface area contributed by atoms with Gasteiger partial charge in [0.15, 0.2) is 0 Å². The van der Waals surface area contributed by atoms with Crippen molar-refractivity contribution < 1.29 is 12.8 Å². The topological polar surface area (TPSA) is 71.3 Å². The monoisotopic (exact) mass is 314 g/mol. The van der Waals surface area contributed by atoms with E-state index in [-0.39, 0.29) is 5.09 Å². The molecule has 0 bridgehead atoms. The Hall–Kier alpha value is -0.850. The summed E-state index contributed by atoms with van der Waals surface area (Å²) >= 11 is 0. The molecule has 1 aliphatic carbocycles. The summed E-state index contributed by atoms with van der Waals surface area (Å²) in [7, 11) is -2.11. The van der Waals surface area contributed by atoms with E-state index in [9.17, 15) is 8.42 Å². The number of sulfonamides is 1. The Morgan fingerprint density at radius 3 is 2.52 bits per heavy atom. The van der Waals surface area contributed by atoms with Crippen LogP contribution in [0, 0.1) is 5.92 Å². The average Bonchev–Trinajstić information content (AvgIpc) is 2.79. The molecule has 2 N–H and O–H groups in total. The summed E-state index contributed by atoms with van der Waals surface area (Å²) in [5, 5.41) is 3.45. The summed E-state index contributed by atoms with van der Waals surface area (Å²) in [5.74, 6) is 1.37. The van der Waals surface area contributed by atoms with E-state index in [1.165, 1.54) is 51.6 Å². The highest BCUT2D eigenvalue weighted by molar-refractivity contribution is 7.89. The van der Waals surface area contributed by atoms with Crippen LogP contribution in [0.4, 0.5) is 0 Å². The Morgan fingerprint density at radius 2 is 1.90 bits per heavy atom. The van der Waals surface area contributed by atoms with Crippen LogP contribution in [0.1, 0.15) is 51.2 Å². The molecule has 0 saturated heterocycles. The molecule has 5 nitrogen and oxygen atoms in total. The highest BCUT2D eigenvalue weighted by Gasteiger charge is 2.20. The van der Waals surface area contributed by atoms with E-state index in [0.717, 1.165) is 0 Å². The van der Waals surface area contributed by atoms with Gasteiger partial charge in [0.1, 0.15) is 5.76 Å². The number of hydrogen-bond acceptors (Lipinski definition) is 4. The molecular formula is C15H26N2O3S. The zero-order chi connectivity index (χ0) is 15.3. The standard InChI is InChI=1S/C15H26N2O3S/c1-12(13-7-5-3-4-6-8-13)17-11-14-9-10-15(20-14)21(18,19)16-2/h9-10,12-13,16-17H,3-8,11H2,1-2H3/t12-/m0/s1. The molecule has 2 rings (SSSR count). The predicted octanol–water partition coefficient (Wildman–Crippen LogP) is 2.64. The van der Waals surface area contributed by atoms with Crippen molar-refractivity contribution >= 4 is 10.0 Å². The Bertz CT molecular complexity index is 531. The highest BCUT2D eigenvalue weighted by atomic mass is 32.2. The van der Waals surface area contributed by atoms with Crippen molar-refractivity contribution in [2.45, 2.75) is 63.1 Å². The van der Waals surface area contributed by atoms with Crippen molar-refractivity contribution in [2.75, 3.05) is 7.05 Å². The van der Waals surface area contributed by atoms with Gasteiger partial charge in [-0.05, 0) is 44.9 Å². The maximum absolute atomic E-state index is 11.6. The first-order valence-electron chi connectivity index (χ1n) is 7.78. The average molecular weight is 314 g/mol. The van der Waals surface area contributed by atoms with E-state index < -0.39 is 10.0 Å². The molecule has 0 aliphatic heterocycles.